The van der Waals surface area contributed by atoms with Gasteiger partial charge >= 0.3 is 5.97 Å². The summed E-state index contributed by atoms with van der Waals surface area (Å²) >= 11 is 0. The van der Waals surface area contributed by atoms with Crippen LogP contribution in [0.2, 0.25) is 0 Å². The fourth-order valence-electron chi connectivity index (χ4n) is 2.77. The van der Waals surface area contributed by atoms with Gasteiger partial charge in [-0.2, -0.15) is 0 Å². The normalized spacial score (nSPS) is 11.6. The summed E-state index contributed by atoms with van der Waals surface area (Å²) < 4.78 is 36.6. The number of aromatic nitrogens is 1. The molecule has 0 atom stereocenters. The third-order valence-corrected chi connectivity index (χ3v) is 6.30. The molecule has 0 aliphatic heterocycles. The predicted molar refractivity (Wildman–Crippen MR) is 123 cm³/mol. The molecule has 0 unspecified atom stereocenters. The summed E-state index contributed by atoms with van der Waals surface area (Å²) in [4.78, 5) is 16.9. The Hall–Kier alpha value is -3.49. The van der Waals surface area contributed by atoms with Crippen LogP contribution in [-0.4, -0.2) is 44.4 Å². The molecule has 0 radical (unpaired) electrons. The van der Waals surface area contributed by atoms with Crippen LogP contribution in [0.3, 0.4) is 0 Å². The molecule has 0 saturated carbocycles. The average Bonchev–Trinajstić information content (AvgIpc) is 2.80. The van der Waals surface area contributed by atoms with Crippen LogP contribution in [0, 0.1) is 0 Å². The third kappa shape index (κ3) is 5.60. The SMILES string of the molecule is CCOc1cc(/C=C/c2ccccn2)ccc1OC(=O)c1ccc(S(=O)(=O)N(C)C)cc1. The first-order valence-electron chi connectivity index (χ1n) is 9.92. The first-order chi connectivity index (χ1) is 15.3. The minimum absolute atomic E-state index is 0.0955. The Balaban J connectivity index is 1.78. The Labute approximate surface area is 188 Å². The molecule has 3 aromatic rings. The van der Waals surface area contributed by atoms with E-state index in [1.54, 1.807) is 24.4 Å². The van der Waals surface area contributed by atoms with Crippen LogP contribution in [0.1, 0.15) is 28.5 Å². The zero-order valence-corrected chi connectivity index (χ0v) is 18.9. The fourth-order valence-corrected chi connectivity index (χ4v) is 3.67. The molecule has 32 heavy (non-hydrogen) atoms. The quantitative estimate of drug-likeness (QED) is 0.378. The molecular weight excluding hydrogens is 428 g/mol. The molecule has 3 rings (SSSR count). The van der Waals surface area contributed by atoms with Gasteiger partial charge in [-0.05, 0) is 67.1 Å². The highest BCUT2D eigenvalue weighted by Gasteiger charge is 2.19. The number of nitrogens with zero attached hydrogens (tertiary/aromatic N) is 2. The molecule has 0 fully saturated rings. The van der Waals surface area contributed by atoms with Crippen LogP contribution in [0.4, 0.5) is 0 Å². The van der Waals surface area contributed by atoms with E-state index in [4.69, 9.17) is 9.47 Å². The van der Waals surface area contributed by atoms with E-state index in [2.05, 4.69) is 4.98 Å². The Morgan fingerprint density at radius 3 is 2.38 bits per heavy atom. The van der Waals surface area contributed by atoms with Gasteiger partial charge in [-0.15, -0.1) is 0 Å². The van der Waals surface area contributed by atoms with Gasteiger partial charge in [-0.25, -0.2) is 17.5 Å². The number of esters is 1. The minimum atomic E-state index is -3.57. The average molecular weight is 453 g/mol. The molecule has 166 valence electrons. The number of rotatable bonds is 8. The van der Waals surface area contributed by atoms with Gasteiger partial charge in [0.1, 0.15) is 0 Å². The summed E-state index contributed by atoms with van der Waals surface area (Å²) in [6.45, 7) is 2.24. The van der Waals surface area contributed by atoms with E-state index in [0.29, 0.717) is 12.4 Å². The topological polar surface area (TPSA) is 85.8 Å². The molecule has 1 heterocycles. The van der Waals surface area contributed by atoms with Gasteiger partial charge in [0.15, 0.2) is 11.5 Å². The zero-order chi connectivity index (χ0) is 23.1. The largest absolute Gasteiger partial charge is 0.490 e. The van der Waals surface area contributed by atoms with Crippen molar-refractivity contribution in [2.45, 2.75) is 11.8 Å². The van der Waals surface area contributed by atoms with Crippen LogP contribution >= 0.6 is 0 Å². The van der Waals surface area contributed by atoms with Crippen LogP contribution in [0.25, 0.3) is 12.2 Å². The number of ether oxygens (including phenoxy) is 2. The zero-order valence-electron chi connectivity index (χ0n) is 18.1. The number of sulfonamides is 1. The highest BCUT2D eigenvalue weighted by Crippen LogP contribution is 2.30. The van der Waals surface area contributed by atoms with Gasteiger partial charge in [0, 0.05) is 20.3 Å². The monoisotopic (exact) mass is 452 g/mol. The van der Waals surface area contributed by atoms with Gasteiger partial charge in [0.05, 0.1) is 22.8 Å². The Morgan fingerprint density at radius 1 is 1.00 bits per heavy atom. The lowest BCUT2D eigenvalue weighted by molar-refractivity contribution is 0.0728. The number of carbonyl (C=O) groups is 1. The van der Waals surface area contributed by atoms with Crippen molar-refractivity contribution in [3.63, 3.8) is 0 Å². The van der Waals surface area contributed by atoms with Crippen molar-refractivity contribution in [2.75, 3.05) is 20.7 Å². The highest BCUT2D eigenvalue weighted by molar-refractivity contribution is 7.89. The molecule has 0 spiro atoms. The van der Waals surface area contributed by atoms with Crippen LogP contribution in [0.5, 0.6) is 11.5 Å². The van der Waals surface area contributed by atoms with Crippen molar-refractivity contribution < 1.29 is 22.7 Å². The van der Waals surface area contributed by atoms with Crippen LogP contribution in [-0.2, 0) is 10.0 Å². The first-order valence-corrected chi connectivity index (χ1v) is 11.4. The third-order valence-electron chi connectivity index (χ3n) is 4.47. The molecule has 0 aliphatic carbocycles. The maximum atomic E-state index is 12.6. The Morgan fingerprint density at radius 2 is 1.75 bits per heavy atom. The van der Waals surface area contributed by atoms with Gasteiger partial charge < -0.3 is 9.47 Å². The van der Waals surface area contributed by atoms with Crippen LogP contribution in [0.15, 0.2) is 71.8 Å². The second-order valence-electron chi connectivity index (χ2n) is 6.93. The molecule has 0 saturated heterocycles. The Bertz CT molecular complexity index is 1200. The van der Waals surface area contributed by atoms with Gasteiger partial charge in [-0.1, -0.05) is 18.2 Å². The van der Waals surface area contributed by atoms with Crippen molar-refractivity contribution in [1.82, 2.24) is 9.29 Å². The molecule has 0 aliphatic rings. The summed E-state index contributed by atoms with van der Waals surface area (Å²) in [5.41, 5.74) is 1.90. The molecule has 0 bridgehead atoms. The number of hydrogen-bond acceptors (Lipinski definition) is 6. The minimum Gasteiger partial charge on any atom is -0.490 e. The van der Waals surface area contributed by atoms with E-state index in [0.717, 1.165) is 15.6 Å². The molecule has 0 N–H and O–H groups in total. The summed E-state index contributed by atoms with van der Waals surface area (Å²) in [6.07, 6.45) is 5.48. The van der Waals surface area contributed by atoms with Gasteiger partial charge in [0.2, 0.25) is 10.0 Å². The summed E-state index contributed by atoms with van der Waals surface area (Å²) in [7, 11) is -0.680. The van der Waals surface area contributed by atoms with Crippen LogP contribution < -0.4 is 9.47 Å². The number of pyridine rings is 1. The van der Waals surface area contributed by atoms with E-state index in [-0.39, 0.29) is 16.2 Å². The van der Waals surface area contributed by atoms with E-state index >= 15 is 0 Å². The van der Waals surface area contributed by atoms with E-state index < -0.39 is 16.0 Å². The lowest BCUT2D eigenvalue weighted by atomic mass is 10.1. The van der Waals surface area contributed by atoms with Gasteiger partial charge in [-0.3, -0.25) is 4.98 Å². The van der Waals surface area contributed by atoms with Crippen molar-refractivity contribution in [1.29, 1.82) is 0 Å². The lowest BCUT2D eigenvalue weighted by Gasteiger charge is -2.13. The molecule has 1 aromatic heterocycles. The fraction of sp³-hybridized carbons (Fsp3) is 0.167. The molecular formula is C24H24N2O5S. The number of carbonyl (C=O) groups excluding carboxylic acids is 1. The molecule has 0 amide bonds. The standard InChI is InChI=1S/C24H24N2O5S/c1-4-30-23-17-18(8-12-20-7-5-6-16-25-20)9-15-22(23)31-24(27)19-10-13-21(14-11-19)32(28,29)26(2)3/h5-17H,4H2,1-3H3/b12-8+. The first kappa shape index (κ1) is 23.2. The van der Waals surface area contributed by atoms with Crippen molar-refractivity contribution in [3.05, 3.63) is 83.7 Å². The van der Waals surface area contributed by atoms with E-state index in [9.17, 15) is 13.2 Å². The summed E-state index contributed by atoms with van der Waals surface area (Å²) in [5, 5.41) is 0. The molecule has 7 nitrogen and oxygen atoms in total. The van der Waals surface area contributed by atoms with Crippen molar-refractivity contribution in [2.24, 2.45) is 0 Å². The summed E-state index contributed by atoms with van der Waals surface area (Å²) in [6, 6.07) is 16.5. The van der Waals surface area contributed by atoms with Crippen molar-refractivity contribution >= 4 is 28.1 Å². The second-order valence-corrected chi connectivity index (χ2v) is 9.08. The maximum absolute atomic E-state index is 12.6. The molecule has 8 heteroatoms. The maximum Gasteiger partial charge on any atom is 0.343 e. The number of hydrogen-bond donors (Lipinski definition) is 0. The Kier molecular flexibility index (Phi) is 7.40. The predicted octanol–water partition coefficient (Wildman–Crippen LogP) is 4.12. The van der Waals surface area contributed by atoms with E-state index in [1.165, 1.54) is 38.4 Å². The van der Waals surface area contributed by atoms with Gasteiger partial charge in [0.25, 0.3) is 0 Å². The van der Waals surface area contributed by atoms with E-state index in [1.807, 2.05) is 37.3 Å². The summed E-state index contributed by atoms with van der Waals surface area (Å²) in [5.74, 6) is 0.0872. The smallest absolute Gasteiger partial charge is 0.343 e. The number of benzene rings is 2. The second kappa shape index (κ2) is 10.2. The molecule has 2 aromatic carbocycles. The lowest BCUT2D eigenvalue weighted by Crippen LogP contribution is -2.22. The van der Waals surface area contributed by atoms with Crippen molar-refractivity contribution in [3.8, 4) is 11.5 Å². The highest BCUT2D eigenvalue weighted by atomic mass is 32.2.